The summed E-state index contributed by atoms with van der Waals surface area (Å²) in [7, 11) is 0. The number of nitrogens with zero attached hydrogens (tertiary/aromatic N) is 1. The van der Waals surface area contributed by atoms with Gasteiger partial charge in [0.25, 0.3) is 5.91 Å². The Kier molecular flexibility index (Phi) is 9.66. The second kappa shape index (κ2) is 12.0. The highest BCUT2D eigenvalue weighted by atomic mass is 35.5. The number of benzene rings is 2. The van der Waals surface area contributed by atoms with Crippen LogP contribution >= 0.6 is 23.2 Å². The van der Waals surface area contributed by atoms with Crippen molar-refractivity contribution in [2.75, 3.05) is 13.2 Å². The lowest BCUT2D eigenvalue weighted by Crippen LogP contribution is -2.50. The molecule has 0 spiro atoms. The maximum Gasteiger partial charge on any atom is 0.261 e. The Balaban J connectivity index is 2.29. The predicted molar refractivity (Wildman–Crippen MR) is 126 cm³/mol. The maximum absolute atomic E-state index is 13.3. The van der Waals surface area contributed by atoms with Crippen molar-refractivity contribution in [1.82, 2.24) is 10.2 Å². The summed E-state index contributed by atoms with van der Waals surface area (Å²) in [6.45, 7) is 8.25. The van der Waals surface area contributed by atoms with E-state index < -0.39 is 6.04 Å². The van der Waals surface area contributed by atoms with E-state index in [4.69, 9.17) is 27.9 Å². The molecule has 0 saturated carbocycles. The molecule has 1 atom stereocenters. The second-order valence-corrected chi connectivity index (χ2v) is 8.24. The number of rotatable bonds is 10. The lowest BCUT2D eigenvalue weighted by Gasteiger charge is -2.31. The van der Waals surface area contributed by atoms with Crippen LogP contribution in [0.3, 0.4) is 0 Å². The van der Waals surface area contributed by atoms with Gasteiger partial charge in [-0.05, 0) is 56.0 Å². The van der Waals surface area contributed by atoms with Crippen molar-refractivity contribution in [3.05, 3.63) is 63.1 Å². The zero-order valence-electron chi connectivity index (χ0n) is 18.5. The first kappa shape index (κ1) is 25.0. The molecule has 2 amide bonds. The fourth-order valence-electron chi connectivity index (χ4n) is 3.24. The van der Waals surface area contributed by atoms with Gasteiger partial charge in [-0.3, -0.25) is 9.59 Å². The molecule has 0 aliphatic heterocycles. The third-order valence-electron chi connectivity index (χ3n) is 5.23. The number of amides is 2. The van der Waals surface area contributed by atoms with Gasteiger partial charge in [0, 0.05) is 28.7 Å². The molecule has 0 aromatic heterocycles. The summed E-state index contributed by atoms with van der Waals surface area (Å²) in [6.07, 6.45) is 1.26. The first-order valence-electron chi connectivity index (χ1n) is 10.5. The van der Waals surface area contributed by atoms with E-state index in [-0.39, 0.29) is 25.0 Å². The Morgan fingerprint density at radius 1 is 1.06 bits per heavy atom. The van der Waals surface area contributed by atoms with Crippen LogP contribution in [0.25, 0.3) is 0 Å². The van der Waals surface area contributed by atoms with Crippen LogP contribution in [0, 0.1) is 13.8 Å². The largest absolute Gasteiger partial charge is 0.483 e. The quantitative estimate of drug-likeness (QED) is 0.517. The number of carbonyl (C=O) groups excluding carboxylic acids is 2. The molecule has 0 bridgehead atoms. The molecule has 31 heavy (non-hydrogen) atoms. The average Bonchev–Trinajstić information content (AvgIpc) is 2.74. The summed E-state index contributed by atoms with van der Waals surface area (Å²) in [5, 5.41) is 3.78. The first-order valence-corrected chi connectivity index (χ1v) is 11.2. The molecule has 0 aliphatic rings. The summed E-state index contributed by atoms with van der Waals surface area (Å²) >= 11 is 12.7. The predicted octanol–water partition coefficient (Wildman–Crippen LogP) is 5.32. The third-order valence-corrected chi connectivity index (χ3v) is 5.94. The molecule has 0 heterocycles. The van der Waals surface area contributed by atoms with Gasteiger partial charge in [-0.15, -0.1) is 0 Å². The Morgan fingerprint density at radius 2 is 1.71 bits per heavy atom. The van der Waals surface area contributed by atoms with Crippen molar-refractivity contribution in [1.29, 1.82) is 0 Å². The summed E-state index contributed by atoms with van der Waals surface area (Å²) in [5.74, 6) is 0.135. The average molecular weight is 465 g/mol. The normalized spacial score (nSPS) is 11.7. The van der Waals surface area contributed by atoms with Crippen molar-refractivity contribution in [3.8, 4) is 5.75 Å². The van der Waals surface area contributed by atoms with Crippen LogP contribution in [0.4, 0.5) is 0 Å². The van der Waals surface area contributed by atoms with Crippen LogP contribution in [0.5, 0.6) is 5.75 Å². The third kappa shape index (κ3) is 6.62. The molecule has 2 rings (SSSR count). The molecule has 5 nitrogen and oxygen atoms in total. The van der Waals surface area contributed by atoms with Gasteiger partial charge in [0.2, 0.25) is 5.91 Å². The van der Waals surface area contributed by atoms with Crippen LogP contribution in [-0.2, 0) is 16.1 Å². The minimum Gasteiger partial charge on any atom is -0.483 e. The van der Waals surface area contributed by atoms with Crippen LogP contribution in [0.2, 0.25) is 10.0 Å². The van der Waals surface area contributed by atoms with E-state index in [1.165, 1.54) is 4.90 Å². The monoisotopic (exact) mass is 464 g/mol. The topological polar surface area (TPSA) is 58.6 Å². The molecule has 0 fully saturated rings. The summed E-state index contributed by atoms with van der Waals surface area (Å²) < 4.78 is 5.83. The molecule has 2 aromatic carbocycles. The lowest BCUT2D eigenvalue weighted by molar-refractivity contribution is -0.143. The number of carbonyl (C=O) groups is 2. The minimum atomic E-state index is -0.659. The lowest BCUT2D eigenvalue weighted by atomic mass is 10.1. The fraction of sp³-hybridized carbons (Fsp3) is 0.417. The van der Waals surface area contributed by atoms with Crippen LogP contribution in [-0.4, -0.2) is 35.9 Å². The Hall–Kier alpha value is -2.24. The standard InChI is InChI=1S/C24H30Cl2N2O3/c1-5-13-27-24(30)21(6-2)28(14-18-19(25)10-8-11-20(18)26)23(29)15-31-22-12-7-9-16(3)17(22)4/h7-12,21H,5-6,13-15H2,1-4H3,(H,27,30)/t21-/m0/s1. The van der Waals surface area contributed by atoms with E-state index in [9.17, 15) is 9.59 Å². The van der Waals surface area contributed by atoms with Gasteiger partial charge in [-0.25, -0.2) is 0 Å². The van der Waals surface area contributed by atoms with E-state index in [1.54, 1.807) is 18.2 Å². The number of hydrogen-bond acceptors (Lipinski definition) is 3. The highest BCUT2D eigenvalue weighted by Gasteiger charge is 2.30. The minimum absolute atomic E-state index is 0.117. The van der Waals surface area contributed by atoms with E-state index in [2.05, 4.69) is 5.32 Å². The second-order valence-electron chi connectivity index (χ2n) is 7.42. The molecular weight excluding hydrogens is 435 g/mol. The van der Waals surface area contributed by atoms with Crippen molar-refractivity contribution in [3.63, 3.8) is 0 Å². The maximum atomic E-state index is 13.3. The van der Waals surface area contributed by atoms with Gasteiger partial charge in [0.1, 0.15) is 11.8 Å². The number of halogens is 2. The van der Waals surface area contributed by atoms with Gasteiger partial charge in [-0.2, -0.15) is 0 Å². The SMILES string of the molecule is CCCNC(=O)[C@H](CC)N(Cc1c(Cl)cccc1Cl)C(=O)COc1cccc(C)c1C. The highest BCUT2D eigenvalue weighted by Crippen LogP contribution is 2.27. The molecule has 1 N–H and O–H groups in total. The zero-order chi connectivity index (χ0) is 23.0. The van der Waals surface area contributed by atoms with Gasteiger partial charge in [0.05, 0.1) is 0 Å². The number of nitrogens with one attached hydrogen (secondary N) is 1. The molecular formula is C24H30Cl2N2O3. The Labute approximate surface area is 194 Å². The van der Waals surface area contributed by atoms with E-state index >= 15 is 0 Å². The molecule has 0 radical (unpaired) electrons. The summed E-state index contributed by atoms with van der Waals surface area (Å²) in [5.41, 5.74) is 2.66. The van der Waals surface area contributed by atoms with Crippen molar-refractivity contribution in [2.45, 2.75) is 53.1 Å². The smallest absolute Gasteiger partial charge is 0.261 e. The fourth-order valence-corrected chi connectivity index (χ4v) is 3.76. The molecule has 2 aromatic rings. The van der Waals surface area contributed by atoms with Crippen LogP contribution in [0.1, 0.15) is 43.4 Å². The Bertz CT molecular complexity index is 897. The number of aryl methyl sites for hydroxylation is 1. The molecule has 168 valence electrons. The summed E-state index contributed by atoms with van der Waals surface area (Å²) in [6, 6.07) is 10.2. The van der Waals surface area contributed by atoms with Crippen molar-refractivity contribution < 1.29 is 14.3 Å². The van der Waals surface area contributed by atoms with Gasteiger partial charge in [0.15, 0.2) is 6.61 Å². The van der Waals surface area contributed by atoms with Gasteiger partial charge in [-0.1, -0.05) is 55.2 Å². The van der Waals surface area contributed by atoms with E-state index in [0.29, 0.717) is 34.3 Å². The molecule has 0 unspecified atom stereocenters. The zero-order valence-corrected chi connectivity index (χ0v) is 20.0. The molecule has 0 aliphatic carbocycles. The van der Waals surface area contributed by atoms with Crippen molar-refractivity contribution >= 4 is 35.0 Å². The molecule has 0 saturated heterocycles. The van der Waals surface area contributed by atoms with E-state index in [1.807, 2.05) is 45.9 Å². The summed E-state index contributed by atoms with van der Waals surface area (Å²) in [4.78, 5) is 27.6. The van der Waals surface area contributed by atoms with Crippen LogP contribution in [0.15, 0.2) is 36.4 Å². The molecule has 7 heteroatoms. The Morgan fingerprint density at radius 3 is 2.32 bits per heavy atom. The number of ether oxygens (including phenoxy) is 1. The highest BCUT2D eigenvalue weighted by molar-refractivity contribution is 6.36. The van der Waals surface area contributed by atoms with E-state index in [0.717, 1.165) is 17.5 Å². The van der Waals surface area contributed by atoms with Crippen LogP contribution < -0.4 is 10.1 Å². The van der Waals surface area contributed by atoms with Crippen molar-refractivity contribution in [2.24, 2.45) is 0 Å². The van der Waals surface area contributed by atoms with Gasteiger partial charge < -0.3 is 15.0 Å². The first-order chi connectivity index (χ1) is 14.8. The number of hydrogen-bond donors (Lipinski definition) is 1. The van der Waals surface area contributed by atoms with Gasteiger partial charge >= 0.3 is 0 Å².